The second kappa shape index (κ2) is 12.2. The third-order valence-corrected chi connectivity index (χ3v) is 5.09. The minimum absolute atomic E-state index is 1.10. The maximum absolute atomic E-state index is 4.44. The fraction of sp³-hybridized carbons (Fsp3) is 0.480. The topological polar surface area (TPSA) is 31.9 Å². The Morgan fingerprint density at radius 1 is 1.00 bits per heavy atom. The van der Waals surface area contributed by atoms with E-state index in [1.54, 1.807) is 0 Å². The number of benzene rings is 1. The predicted octanol–water partition coefficient (Wildman–Crippen LogP) is 6.78. The molecule has 4 rings (SSSR count). The maximum Gasteiger partial charge on any atom is 0.128 e. The van der Waals surface area contributed by atoms with E-state index in [0.29, 0.717) is 0 Å². The Bertz CT molecular complexity index is 800. The lowest BCUT2D eigenvalue weighted by molar-refractivity contribution is 0.573. The summed E-state index contributed by atoms with van der Waals surface area (Å²) in [4.78, 5) is 10.1. The summed E-state index contributed by atoms with van der Waals surface area (Å²) in [5, 5.41) is 1.37. The molecule has 0 aliphatic carbocycles. The van der Waals surface area contributed by atoms with Crippen molar-refractivity contribution < 1.29 is 0 Å². The predicted molar refractivity (Wildman–Crippen MR) is 123 cm³/mol. The number of rotatable bonds is 4. The van der Waals surface area contributed by atoms with Crippen LogP contribution in [-0.2, 0) is 12.8 Å². The number of aromatic nitrogens is 2. The van der Waals surface area contributed by atoms with Crippen LogP contribution in [0.3, 0.4) is 0 Å². The quantitative estimate of drug-likeness (QED) is 0.542. The van der Waals surface area contributed by atoms with Crippen LogP contribution < -0.4 is 4.90 Å². The molecule has 0 amide bonds. The summed E-state index contributed by atoms with van der Waals surface area (Å²) in [6.07, 6.45) is 11.5. The molecule has 0 spiro atoms. The first kappa shape index (κ1) is 22.0. The molecular formula is C25H37N3. The zero-order chi connectivity index (χ0) is 20.2. The number of hydrogen-bond donors (Lipinski definition) is 1. The molecule has 3 heteroatoms. The summed E-state index contributed by atoms with van der Waals surface area (Å²) in [5.74, 6) is 1.17. The van der Waals surface area contributed by atoms with Crippen LogP contribution in [0.4, 0.5) is 5.82 Å². The highest BCUT2D eigenvalue weighted by Crippen LogP contribution is 2.19. The van der Waals surface area contributed by atoms with Gasteiger partial charge < -0.3 is 9.88 Å². The van der Waals surface area contributed by atoms with E-state index in [4.69, 9.17) is 0 Å². The van der Waals surface area contributed by atoms with Crippen LogP contribution in [0.15, 0.2) is 48.8 Å². The van der Waals surface area contributed by atoms with E-state index in [1.807, 2.05) is 20.0 Å². The van der Waals surface area contributed by atoms with Gasteiger partial charge in [0.25, 0.3) is 0 Å². The number of piperidine rings is 1. The minimum atomic E-state index is 1.10. The van der Waals surface area contributed by atoms with Crippen LogP contribution in [-0.4, -0.2) is 23.1 Å². The van der Waals surface area contributed by atoms with Crippen LogP contribution >= 0.6 is 0 Å². The second-order valence-electron chi connectivity index (χ2n) is 7.03. The first-order chi connectivity index (χ1) is 13.8. The highest BCUT2D eigenvalue weighted by molar-refractivity contribution is 5.82. The lowest BCUT2D eigenvalue weighted by atomic mass is 10.1. The number of aryl methyl sites for hydroxylation is 2. The molecule has 0 bridgehead atoms. The number of nitrogens with zero attached hydrogens (tertiary/aromatic N) is 2. The van der Waals surface area contributed by atoms with Crippen molar-refractivity contribution in [2.24, 2.45) is 0 Å². The number of anilines is 1. The molecule has 152 valence electrons. The number of H-pyrrole nitrogens is 1. The largest absolute Gasteiger partial charge is 0.361 e. The molecule has 1 saturated heterocycles. The zero-order valence-electron chi connectivity index (χ0n) is 18.2. The molecule has 0 unspecified atom stereocenters. The molecule has 0 radical (unpaired) electrons. The molecule has 1 aliphatic rings. The van der Waals surface area contributed by atoms with Crippen molar-refractivity contribution in [1.29, 1.82) is 0 Å². The van der Waals surface area contributed by atoms with Crippen molar-refractivity contribution in [1.82, 2.24) is 9.97 Å². The maximum atomic E-state index is 4.44. The highest BCUT2D eigenvalue weighted by atomic mass is 15.2. The first-order valence-corrected chi connectivity index (χ1v) is 11.1. The molecule has 2 aromatic heterocycles. The van der Waals surface area contributed by atoms with E-state index in [9.17, 15) is 0 Å². The number of pyridine rings is 1. The SMILES string of the molecule is CC.CCCc1c[nH]c2ccccc12.CCc1ccnc(N2CCCCC2)c1. The number of nitrogens with one attached hydrogen (secondary N) is 1. The van der Waals surface area contributed by atoms with Crippen molar-refractivity contribution in [3.05, 3.63) is 59.9 Å². The average molecular weight is 380 g/mol. The van der Waals surface area contributed by atoms with Gasteiger partial charge in [-0.3, -0.25) is 0 Å². The monoisotopic (exact) mass is 379 g/mol. The smallest absolute Gasteiger partial charge is 0.128 e. The van der Waals surface area contributed by atoms with E-state index < -0.39 is 0 Å². The fourth-order valence-corrected chi connectivity index (χ4v) is 3.58. The van der Waals surface area contributed by atoms with Crippen LogP contribution in [0.25, 0.3) is 10.9 Å². The lowest BCUT2D eigenvalue weighted by Gasteiger charge is -2.27. The molecular weight excluding hydrogens is 342 g/mol. The van der Waals surface area contributed by atoms with Gasteiger partial charge in [-0.25, -0.2) is 4.98 Å². The number of fused-ring (bicyclic) bond motifs is 1. The van der Waals surface area contributed by atoms with Gasteiger partial charge in [0.05, 0.1) is 0 Å². The standard InChI is InChI=1S/C12H18N2.C11H13N.C2H6/c1-2-11-6-7-13-12(10-11)14-8-4-3-5-9-14;1-2-5-9-8-12-11-7-4-3-6-10(9)11;1-2/h6-7,10H,2-5,8-9H2,1H3;3-4,6-8,12H,2,5H2,1H3;1-2H3. The van der Waals surface area contributed by atoms with Crippen LogP contribution in [0.2, 0.25) is 0 Å². The summed E-state index contributed by atoms with van der Waals surface area (Å²) in [6.45, 7) is 10.8. The third kappa shape index (κ3) is 6.12. The molecule has 3 heterocycles. The Morgan fingerprint density at radius 2 is 1.75 bits per heavy atom. The minimum Gasteiger partial charge on any atom is -0.361 e. The van der Waals surface area contributed by atoms with E-state index in [2.05, 4.69) is 71.3 Å². The molecule has 1 N–H and O–H groups in total. The first-order valence-electron chi connectivity index (χ1n) is 11.1. The van der Waals surface area contributed by atoms with Crippen LogP contribution in [0.1, 0.15) is 64.5 Å². The summed E-state index contributed by atoms with van der Waals surface area (Å²) in [6, 6.07) is 12.8. The molecule has 28 heavy (non-hydrogen) atoms. The van der Waals surface area contributed by atoms with Gasteiger partial charge in [-0.15, -0.1) is 0 Å². The van der Waals surface area contributed by atoms with Gasteiger partial charge in [0, 0.05) is 36.4 Å². The molecule has 0 atom stereocenters. The Balaban J connectivity index is 0.000000186. The van der Waals surface area contributed by atoms with Gasteiger partial charge >= 0.3 is 0 Å². The highest BCUT2D eigenvalue weighted by Gasteiger charge is 2.11. The van der Waals surface area contributed by atoms with Gasteiger partial charge in [-0.1, -0.05) is 52.3 Å². The zero-order valence-corrected chi connectivity index (χ0v) is 18.2. The molecule has 1 aromatic carbocycles. The van der Waals surface area contributed by atoms with Crippen molar-refractivity contribution in [2.45, 2.75) is 66.2 Å². The second-order valence-corrected chi connectivity index (χ2v) is 7.03. The van der Waals surface area contributed by atoms with Gasteiger partial charge in [0.1, 0.15) is 5.82 Å². The van der Waals surface area contributed by atoms with Gasteiger partial charge in [-0.2, -0.15) is 0 Å². The van der Waals surface area contributed by atoms with Gasteiger partial charge in [0.15, 0.2) is 0 Å². The summed E-state index contributed by atoms with van der Waals surface area (Å²) >= 11 is 0. The van der Waals surface area contributed by atoms with Crippen LogP contribution in [0.5, 0.6) is 0 Å². The molecule has 0 saturated carbocycles. The molecule has 1 aliphatic heterocycles. The van der Waals surface area contributed by atoms with Gasteiger partial charge in [0.2, 0.25) is 0 Å². The molecule has 3 aromatic rings. The number of para-hydroxylation sites is 1. The molecule has 3 nitrogen and oxygen atoms in total. The average Bonchev–Trinajstić information content (AvgIpc) is 3.20. The van der Waals surface area contributed by atoms with Crippen molar-refractivity contribution in [3.63, 3.8) is 0 Å². The molecule has 1 fully saturated rings. The van der Waals surface area contributed by atoms with E-state index in [0.717, 1.165) is 6.42 Å². The Kier molecular flexibility index (Phi) is 9.61. The number of hydrogen-bond acceptors (Lipinski definition) is 2. The summed E-state index contributed by atoms with van der Waals surface area (Å²) < 4.78 is 0. The third-order valence-electron chi connectivity index (χ3n) is 5.09. The van der Waals surface area contributed by atoms with Crippen LogP contribution in [0, 0.1) is 0 Å². The van der Waals surface area contributed by atoms with Gasteiger partial charge in [-0.05, 0) is 61.4 Å². The van der Waals surface area contributed by atoms with E-state index in [-0.39, 0.29) is 0 Å². The van der Waals surface area contributed by atoms with E-state index >= 15 is 0 Å². The normalized spacial score (nSPS) is 13.4. The Hall–Kier alpha value is -2.29. The van der Waals surface area contributed by atoms with Crippen molar-refractivity contribution >= 4 is 16.7 Å². The summed E-state index contributed by atoms with van der Waals surface area (Å²) in [7, 11) is 0. The summed E-state index contributed by atoms with van der Waals surface area (Å²) in [5.41, 5.74) is 4.08. The lowest BCUT2D eigenvalue weighted by Crippen LogP contribution is -2.30. The van der Waals surface area contributed by atoms with Crippen molar-refractivity contribution in [3.8, 4) is 0 Å². The Labute approximate surface area is 171 Å². The van der Waals surface area contributed by atoms with E-state index in [1.165, 1.54) is 73.0 Å². The fourth-order valence-electron chi connectivity index (χ4n) is 3.58. The number of aromatic amines is 1. The van der Waals surface area contributed by atoms with Crippen molar-refractivity contribution in [2.75, 3.05) is 18.0 Å². The Morgan fingerprint density at radius 3 is 2.46 bits per heavy atom.